The fourth-order valence-electron chi connectivity index (χ4n) is 1.59. The lowest BCUT2D eigenvalue weighted by atomic mass is 10.1. The molecule has 6 heteroatoms. The number of hydrogen-bond acceptors (Lipinski definition) is 6. The molecule has 0 aliphatic heterocycles. The molecule has 0 aromatic heterocycles. The van der Waals surface area contributed by atoms with Gasteiger partial charge in [0.2, 0.25) is 0 Å². The maximum absolute atomic E-state index is 10.8. The van der Waals surface area contributed by atoms with Crippen molar-refractivity contribution in [3.63, 3.8) is 0 Å². The highest BCUT2D eigenvalue weighted by atomic mass is 16.5. The van der Waals surface area contributed by atoms with Crippen LogP contribution in [0.2, 0.25) is 0 Å². The molecule has 0 amide bonds. The van der Waals surface area contributed by atoms with Crippen molar-refractivity contribution < 1.29 is 28.6 Å². The predicted octanol–water partition coefficient (Wildman–Crippen LogP) is 1.49. The summed E-state index contributed by atoms with van der Waals surface area (Å²) in [7, 11) is 0. The standard InChI is InChI=1S/C14H16O6/c1-10(16)19-7-13-3-12(6-18-9-15)4-14(5-13)8-20-11(2)17/h3-5,9H,6-8H2,1-2H3. The van der Waals surface area contributed by atoms with E-state index in [2.05, 4.69) is 4.74 Å². The van der Waals surface area contributed by atoms with Crippen molar-refractivity contribution in [3.05, 3.63) is 34.9 Å². The molecule has 0 saturated heterocycles. The molecule has 0 N–H and O–H groups in total. The smallest absolute Gasteiger partial charge is 0.302 e. The third-order valence-electron chi connectivity index (χ3n) is 2.31. The van der Waals surface area contributed by atoms with Gasteiger partial charge >= 0.3 is 11.9 Å². The summed E-state index contributed by atoms with van der Waals surface area (Å²) in [6, 6.07) is 5.27. The zero-order valence-corrected chi connectivity index (χ0v) is 11.4. The van der Waals surface area contributed by atoms with Crippen LogP contribution in [0.1, 0.15) is 30.5 Å². The molecule has 0 aliphatic carbocycles. The minimum atomic E-state index is -0.388. The number of rotatable bonds is 7. The quantitative estimate of drug-likeness (QED) is 0.427. The fraction of sp³-hybridized carbons (Fsp3) is 0.357. The van der Waals surface area contributed by atoms with Crippen molar-refractivity contribution in [2.45, 2.75) is 33.7 Å². The second kappa shape index (κ2) is 7.93. The lowest BCUT2D eigenvalue weighted by Gasteiger charge is -2.09. The monoisotopic (exact) mass is 280 g/mol. The van der Waals surface area contributed by atoms with Gasteiger partial charge in [-0.05, 0) is 34.9 Å². The van der Waals surface area contributed by atoms with Crippen molar-refractivity contribution in [2.75, 3.05) is 0 Å². The van der Waals surface area contributed by atoms with Gasteiger partial charge in [-0.3, -0.25) is 14.4 Å². The van der Waals surface area contributed by atoms with E-state index in [0.29, 0.717) is 6.47 Å². The highest BCUT2D eigenvalue weighted by Crippen LogP contribution is 2.14. The Morgan fingerprint density at radius 2 is 1.30 bits per heavy atom. The number of esters is 2. The van der Waals surface area contributed by atoms with E-state index >= 15 is 0 Å². The van der Waals surface area contributed by atoms with Gasteiger partial charge in [0.25, 0.3) is 6.47 Å². The average Bonchev–Trinajstić information content (AvgIpc) is 2.40. The lowest BCUT2D eigenvalue weighted by molar-refractivity contribution is -0.142. The number of ether oxygens (including phenoxy) is 3. The topological polar surface area (TPSA) is 78.9 Å². The van der Waals surface area contributed by atoms with Crippen molar-refractivity contribution >= 4 is 18.4 Å². The molecule has 0 aliphatic rings. The van der Waals surface area contributed by atoms with E-state index in [-0.39, 0.29) is 31.8 Å². The Morgan fingerprint density at radius 1 is 0.900 bits per heavy atom. The molecule has 0 radical (unpaired) electrons. The SMILES string of the molecule is CC(=O)OCc1cc(COC=O)cc(COC(C)=O)c1. The Morgan fingerprint density at radius 3 is 1.65 bits per heavy atom. The first kappa shape index (κ1) is 15.7. The van der Waals surface area contributed by atoms with E-state index in [1.54, 1.807) is 18.2 Å². The highest BCUT2D eigenvalue weighted by molar-refractivity contribution is 5.66. The van der Waals surface area contributed by atoms with Crippen LogP contribution in [-0.2, 0) is 48.4 Å². The van der Waals surface area contributed by atoms with Crippen LogP contribution < -0.4 is 0 Å². The van der Waals surface area contributed by atoms with Crippen LogP contribution in [0, 0.1) is 0 Å². The first-order valence-electron chi connectivity index (χ1n) is 5.95. The molecule has 0 bridgehead atoms. The molecule has 108 valence electrons. The first-order chi connectivity index (χ1) is 9.51. The van der Waals surface area contributed by atoms with E-state index in [9.17, 15) is 14.4 Å². The summed E-state index contributed by atoms with van der Waals surface area (Å²) in [6.45, 7) is 3.31. The summed E-state index contributed by atoms with van der Waals surface area (Å²) in [5, 5.41) is 0. The third-order valence-corrected chi connectivity index (χ3v) is 2.31. The van der Waals surface area contributed by atoms with Gasteiger partial charge in [-0.15, -0.1) is 0 Å². The molecular formula is C14H16O6. The Hall–Kier alpha value is -2.37. The summed E-state index contributed by atoms with van der Waals surface area (Å²) in [4.78, 5) is 31.8. The summed E-state index contributed by atoms with van der Waals surface area (Å²) in [6.07, 6.45) is 0. The van der Waals surface area contributed by atoms with E-state index in [1.165, 1.54) is 13.8 Å². The average molecular weight is 280 g/mol. The molecule has 0 fully saturated rings. The van der Waals surface area contributed by atoms with Gasteiger partial charge in [0.1, 0.15) is 19.8 Å². The zero-order valence-electron chi connectivity index (χ0n) is 11.4. The highest BCUT2D eigenvalue weighted by Gasteiger charge is 2.05. The van der Waals surface area contributed by atoms with Crippen molar-refractivity contribution in [1.29, 1.82) is 0 Å². The first-order valence-corrected chi connectivity index (χ1v) is 5.95. The Bertz CT molecular complexity index is 458. The van der Waals surface area contributed by atoms with Crippen LogP contribution in [0.15, 0.2) is 18.2 Å². The van der Waals surface area contributed by atoms with Crippen LogP contribution in [0.3, 0.4) is 0 Å². The molecule has 0 saturated carbocycles. The van der Waals surface area contributed by atoms with E-state index in [0.717, 1.165) is 16.7 Å². The number of hydrogen-bond donors (Lipinski definition) is 0. The van der Waals surface area contributed by atoms with Crippen LogP contribution >= 0.6 is 0 Å². The van der Waals surface area contributed by atoms with Gasteiger partial charge < -0.3 is 14.2 Å². The molecule has 0 spiro atoms. The predicted molar refractivity (Wildman–Crippen MR) is 68.2 cm³/mol. The molecule has 6 nitrogen and oxygen atoms in total. The van der Waals surface area contributed by atoms with Gasteiger partial charge in [0.15, 0.2) is 0 Å². The molecule has 1 aromatic rings. The van der Waals surface area contributed by atoms with E-state index in [4.69, 9.17) is 9.47 Å². The maximum Gasteiger partial charge on any atom is 0.302 e. The summed E-state index contributed by atoms with van der Waals surface area (Å²) in [5.74, 6) is -0.776. The zero-order chi connectivity index (χ0) is 15.0. The van der Waals surface area contributed by atoms with Gasteiger partial charge in [-0.1, -0.05) is 0 Å². The second-order valence-electron chi connectivity index (χ2n) is 4.13. The lowest BCUT2D eigenvalue weighted by Crippen LogP contribution is -2.04. The van der Waals surface area contributed by atoms with Crippen LogP contribution in [0.5, 0.6) is 0 Å². The molecule has 0 unspecified atom stereocenters. The third kappa shape index (κ3) is 5.99. The Kier molecular flexibility index (Phi) is 6.22. The Balaban J connectivity index is 2.84. The molecule has 0 heterocycles. The molecular weight excluding hydrogens is 264 g/mol. The van der Waals surface area contributed by atoms with Crippen molar-refractivity contribution in [3.8, 4) is 0 Å². The van der Waals surface area contributed by atoms with Crippen molar-refractivity contribution in [2.24, 2.45) is 0 Å². The number of carbonyl (C=O) groups is 3. The van der Waals surface area contributed by atoms with Gasteiger partial charge in [-0.25, -0.2) is 0 Å². The molecule has 20 heavy (non-hydrogen) atoms. The summed E-state index contributed by atoms with van der Waals surface area (Å²) < 4.78 is 14.5. The minimum Gasteiger partial charge on any atom is -0.463 e. The maximum atomic E-state index is 10.8. The van der Waals surface area contributed by atoms with Crippen LogP contribution in [0.25, 0.3) is 0 Å². The second-order valence-corrected chi connectivity index (χ2v) is 4.13. The van der Waals surface area contributed by atoms with Gasteiger partial charge in [0.05, 0.1) is 0 Å². The van der Waals surface area contributed by atoms with Crippen LogP contribution in [0.4, 0.5) is 0 Å². The van der Waals surface area contributed by atoms with Gasteiger partial charge in [0, 0.05) is 13.8 Å². The van der Waals surface area contributed by atoms with E-state index in [1.807, 2.05) is 0 Å². The Labute approximate surface area is 116 Å². The minimum absolute atomic E-state index is 0.102. The molecule has 1 aromatic carbocycles. The number of carbonyl (C=O) groups excluding carboxylic acids is 3. The summed E-state index contributed by atoms with van der Waals surface area (Å²) >= 11 is 0. The van der Waals surface area contributed by atoms with Gasteiger partial charge in [-0.2, -0.15) is 0 Å². The molecule has 0 atom stereocenters. The largest absolute Gasteiger partial charge is 0.463 e. The van der Waals surface area contributed by atoms with E-state index < -0.39 is 0 Å². The normalized spacial score (nSPS) is 9.70. The summed E-state index contributed by atoms with van der Waals surface area (Å²) in [5.41, 5.74) is 2.19. The van der Waals surface area contributed by atoms with Crippen molar-refractivity contribution in [1.82, 2.24) is 0 Å². The number of benzene rings is 1. The molecule has 1 rings (SSSR count). The fourth-order valence-corrected chi connectivity index (χ4v) is 1.59. The van der Waals surface area contributed by atoms with Crippen LogP contribution in [-0.4, -0.2) is 18.4 Å².